The first kappa shape index (κ1) is 18.5. The highest BCUT2D eigenvalue weighted by atomic mass is 16.5. The topological polar surface area (TPSA) is 67.4 Å². The quantitative estimate of drug-likeness (QED) is 0.750. The van der Waals surface area contributed by atoms with Crippen LogP contribution in [-0.4, -0.2) is 25.0 Å². The van der Waals surface area contributed by atoms with Crippen molar-refractivity contribution in [1.29, 1.82) is 0 Å². The molecule has 0 bridgehead atoms. The number of nitrogens with one attached hydrogen (secondary N) is 2. The lowest BCUT2D eigenvalue weighted by molar-refractivity contribution is -0.114. The van der Waals surface area contributed by atoms with Crippen LogP contribution in [0.25, 0.3) is 0 Å². The third kappa shape index (κ3) is 5.64. The van der Waals surface area contributed by atoms with Gasteiger partial charge >= 0.3 is 5.97 Å². The summed E-state index contributed by atoms with van der Waals surface area (Å²) in [5, 5.41) is 5.94. The first-order chi connectivity index (χ1) is 12.0. The zero-order chi connectivity index (χ0) is 18.2. The number of carbonyl (C=O) groups is 2. The number of esters is 1. The van der Waals surface area contributed by atoms with Gasteiger partial charge in [-0.05, 0) is 61.7 Å². The van der Waals surface area contributed by atoms with E-state index in [0.717, 1.165) is 23.2 Å². The molecule has 0 saturated heterocycles. The molecule has 0 aliphatic carbocycles. The maximum atomic E-state index is 12.1. The first-order valence-corrected chi connectivity index (χ1v) is 8.37. The molecule has 0 aliphatic heterocycles. The van der Waals surface area contributed by atoms with E-state index in [-0.39, 0.29) is 18.4 Å². The van der Waals surface area contributed by atoms with Gasteiger partial charge in [-0.1, -0.05) is 19.1 Å². The van der Waals surface area contributed by atoms with Crippen LogP contribution in [0.1, 0.15) is 34.8 Å². The summed E-state index contributed by atoms with van der Waals surface area (Å²) in [7, 11) is 0. The van der Waals surface area contributed by atoms with Crippen molar-refractivity contribution in [2.24, 2.45) is 0 Å². The van der Waals surface area contributed by atoms with Crippen molar-refractivity contribution < 1.29 is 14.3 Å². The van der Waals surface area contributed by atoms with Crippen LogP contribution in [0.2, 0.25) is 0 Å². The van der Waals surface area contributed by atoms with E-state index in [1.807, 2.05) is 39.0 Å². The van der Waals surface area contributed by atoms with E-state index < -0.39 is 0 Å². The molecule has 0 atom stereocenters. The van der Waals surface area contributed by atoms with Gasteiger partial charge in [-0.25, -0.2) is 4.79 Å². The van der Waals surface area contributed by atoms with Crippen LogP contribution < -0.4 is 10.6 Å². The highest BCUT2D eigenvalue weighted by molar-refractivity contribution is 5.95. The molecule has 2 aromatic rings. The summed E-state index contributed by atoms with van der Waals surface area (Å²) in [5.41, 5.74) is 4.29. The Morgan fingerprint density at radius 1 is 1.04 bits per heavy atom. The molecule has 0 aliphatic rings. The maximum Gasteiger partial charge on any atom is 0.338 e. The zero-order valence-corrected chi connectivity index (χ0v) is 14.9. The Balaban J connectivity index is 1.88. The van der Waals surface area contributed by atoms with Crippen LogP contribution in [0.15, 0.2) is 42.5 Å². The van der Waals surface area contributed by atoms with Gasteiger partial charge in [0.1, 0.15) is 0 Å². The first-order valence-electron chi connectivity index (χ1n) is 8.37. The summed E-state index contributed by atoms with van der Waals surface area (Å²) < 4.78 is 5.07. The second-order valence-corrected chi connectivity index (χ2v) is 5.93. The summed E-state index contributed by atoms with van der Waals surface area (Å²) in [6, 6.07) is 12.7. The number of hydrogen-bond acceptors (Lipinski definition) is 4. The number of aryl methyl sites for hydroxylation is 2. The average Bonchev–Trinajstić information content (AvgIpc) is 2.61. The van der Waals surface area contributed by atoms with Crippen molar-refractivity contribution in [1.82, 2.24) is 0 Å². The maximum absolute atomic E-state index is 12.1. The molecule has 2 aromatic carbocycles. The van der Waals surface area contributed by atoms with Crippen LogP contribution >= 0.6 is 0 Å². The third-order valence-electron chi connectivity index (χ3n) is 3.67. The SMILES string of the molecule is CCCOC(=O)c1ccc(NC(=O)CNc2cc(C)ccc2C)cc1. The van der Waals surface area contributed by atoms with Gasteiger partial charge < -0.3 is 15.4 Å². The number of rotatable bonds is 7. The molecule has 0 aromatic heterocycles. The predicted molar refractivity (Wildman–Crippen MR) is 100 cm³/mol. The Hall–Kier alpha value is -2.82. The fourth-order valence-electron chi connectivity index (χ4n) is 2.27. The van der Waals surface area contributed by atoms with Crippen molar-refractivity contribution in [3.05, 3.63) is 59.2 Å². The van der Waals surface area contributed by atoms with E-state index in [4.69, 9.17) is 4.74 Å². The van der Waals surface area contributed by atoms with Crippen LogP contribution in [0, 0.1) is 13.8 Å². The van der Waals surface area contributed by atoms with Crippen LogP contribution in [0.4, 0.5) is 11.4 Å². The molecule has 0 heterocycles. The Bertz CT molecular complexity index is 739. The van der Waals surface area contributed by atoms with E-state index >= 15 is 0 Å². The Labute approximate surface area is 148 Å². The normalized spacial score (nSPS) is 10.2. The van der Waals surface area contributed by atoms with Gasteiger partial charge in [-0.2, -0.15) is 0 Å². The number of amides is 1. The molecule has 5 heteroatoms. The van der Waals surface area contributed by atoms with Crippen molar-refractivity contribution in [3.8, 4) is 0 Å². The lowest BCUT2D eigenvalue weighted by atomic mass is 10.1. The molecule has 5 nitrogen and oxygen atoms in total. The molecule has 2 N–H and O–H groups in total. The predicted octanol–water partition coefficient (Wildman–Crippen LogP) is 3.92. The van der Waals surface area contributed by atoms with Gasteiger partial charge in [0.05, 0.1) is 18.7 Å². The summed E-state index contributed by atoms with van der Waals surface area (Å²) in [6.45, 7) is 6.53. The second-order valence-electron chi connectivity index (χ2n) is 5.93. The molecular weight excluding hydrogens is 316 g/mol. The van der Waals surface area contributed by atoms with Gasteiger partial charge in [-0.3, -0.25) is 4.79 Å². The molecule has 25 heavy (non-hydrogen) atoms. The average molecular weight is 340 g/mol. The van der Waals surface area contributed by atoms with Crippen LogP contribution in [0.3, 0.4) is 0 Å². The Morgan fingerprint density at radius 2 is 1.76 bits per heavy atom. The van der Waals surface area contributed by atoms with E-state index in [0.29, 0.717) is 17.9 Å². The molecule has 0 fully saturated rings. The van der Waals surface area contributed by atoms with E-state index in [1.54, 1.807) is 24.3 Å². The fraction of sp³-hybridized carbons (Fsp3) is 0.300. The van der Waals surface area contributed by atoms with Crippen LogP contribution in [0.5, 0.6) is 0 Å². The minimum Gasteiger partial charge on any atom is -0.462 e. The number of ether oxygens (including phenoxy) is 1. The van der Waals surface area contributed by atoms with Crippen molar-refractivity contribution >= 4 is 23.3 Å². The molecule has 0 spiro atoms. The highest BCUT2D eigenvalue weighted by Gasteiger charge is 2.08. The molecule has 0 unspecified atom stereocenters. The number of hydrogen-bond donors (Lipinski definition) is 2. The molecular formula is C20H24N2O3. The smallest absolute Gasteiger partial charge is 0.338 e. The van der Waals surface area contributed by atoms with Gasteiger partial charge in [0.15, 0.2) is 0 Å². The summed E-state index contributed by atoms with van der Waals surface area (Å²) >= 11 is 0. The van der Waals surface area contributed by atoms with Gasteiger partial charge in [0, 0.05) is 11.4 Å². The number of anilines is 2. The van der Waals surface area contributed by atoms with Crippen molar-refractivity contribution in [2.45, 2.75) is 27.2 Å². The zero-order valence-electron chi connectivity index (χ0n) is 14.9. The second kappa shape index (κ2) is 8.87. The Kier molecular flexibility index (Phi) is 6.57. The third-order valence-corrected chi connectivity index (χ3v) is 3.67. The van der Waals surface area contributed by atoms with E-state index in [1.165, 1.54) is 0 Å². The Morgan fingerprint density at radius 3 is 2.44 bits per heavy atom. The standard InChI is InChI=1S/C20H24N2O3/c1-4-11-25-20(24)16-7-9-17(10-8-16)22-19(23)13-21-18-12-14(2)5-6-15(18)3/h5-10,12,21H,4,11,13H2,1-3H3,(H,22,23). The summed E-state index contributed by atoms with van der Waals surface area (Å²) in [5.74, 6) is -0.501. The van der Waals surface area contributed by atoms with Crippen LogP contribution in [-0.2, 0) is 9.53 Å². The molecule has 1 amide bonds. The van der Waals surface area contributed by atoms with Gasteiger partial charge in [0.2, 0.25) is 5.91 Å². The van der Waals surface area contributed by atoms with Gasteiger partial charge in [0.25, 0.3) is 0 Å². The monoisotopic (exact) mass is 340 g/mol. The largest absolute Gasteiger partial charge is 0.462 e. The lowest BCUT2D eigenvalue weighted by Crippen LogP contribution is -2.22. The van der Waals surface area contributed by atoms with Gasteiger partial charge in [-0.15, -0.1) is 0 Å². The fourth-order valence-corrected chi connectivity index (χ4v) is 2.27. The lowest BCUT2D eigenvalue weighted by Gasteiger charge is -2.11. The van der Waals surface area contributed by atoms with E-state index in [2.05, 4.69) is 10.6 Å². The van der Waals surface area contributed by atoms with E-state index in [9.17, 15) is 9.59 Å². The van der Waals surface area contributed by atoms with Crippen molar-refractivity contribution in [2.75, 3.05) is 23.8 Å². The molecule has 132 valence electrons. The number of carbonyl (C=O) groups excluding carboxylic acids is 2. The van der Waals surface area contributed by atoms with Crippen molar-refractivity contribution in [3.63, 3.8) is 0 Å². The minimum absolute atomic E-state index is 0.151. The summed E-state index contributed by atoms with van der Waals surface area (Å²) in [6.07, 6.45) is 0.785. The minimum atomic E-state index is -0.351. The number of benzene rings is 2. The molecule has 2 rings (SSSR count). The highest BCUT2D eigenvalue weighted by Crippen LogP contribution is 2.16. The summed E-state index contributed by atoms with van der Waals surface area (Å²) in [4.78, 5) is 23.8. The molecule has 0 saturated carbocycles. The molecule has 0 radical (unpaired) electrons.